The van der Waals surface area contributed by atoms with Crippen LogP contribution in [0.5, 0.6) is 0 Å². The number of aliphatic hydroxyl groups is 1. The van der Waals surface area contributed by atoms with Gasteiger partial charge in [0.15, 0.2) is 24.5 Å². The minimum atomic E-state index is -0.00728. The zero-order valence-electron chi connectivity index (χ0n) is 7.60. The highest BCUT2D eigenvalue weighted by Crippen LogP contribution is 1.80. The standard InChI is InChI=1S/C10H7N3O/c1-8(14)9-2-4-13(5-3-9)10(6-11)7-12/h2-5H,1H3/p+1. The molecule has 1 rings (SSSR count). The lowest BCUT2D eigenvalue weighted by atomic mass is 10.3. The van der Waals surface area contributed by atoms with Crippen molar-refractivity contribution in [2.75, 3.05) is 0 Å². The average molecular weight is 186 g/mol. The molecule has 14 heavy (non-hydrogen) atoms. The van der Waals surface area contributed by atoms with Gasteiger partial charge in [0.2, 0.25) is 0 Å². The van der Waals surface area contributed by atoms with Gasteiger partial charge in [0, 0.05) is 17.4 Å². The highest BCUT2D eigenvalue weighted by atomic mass is 16.3. The Morgan fingerprint density at radius 1 is 1.29 bits per heavy atom. The number of hydrogen-bond donors (Lipinski definition) is 1. The summed E-state index contributed by atoms with van der Waals surface area (Å²) in [6.45, 7) is 1.57. The maximum absolute atomic E-state index is 9.14. The third-order valence-electron chi connectivity index (χ3n) is 1.72. The number of aliphatic hydroxyl groups excluding tert-OH is 1. The van der Waals surface area contributed by atoms with Crippen LogP contribution in [0.1, 0.15) is 6.92 Å². The van der Waals surface area contributed by atoms with Crippen LogP contribution < -0.4 is 9.46 Å². The molecule has 1 N–H and O–H groups in total. The molecule has 0 aromatic carbocycles. The van der Waals surface area contributed by atoms with Gasteiger partial charge in [-0.05, 0) is 6.92 Å². The van der Waals surface area contributed by atoms with E-state index in [4.69, 9.17) is 15.6 Å². The van der Waals surface area contributed by atoms with E-state index in [0.717, 1.165) is 0 Å². The summed E-state index contributed by atoms with van der Waals surface area (Å²) in [7, 11) is 0. The van der Waals surface area contributed by atoms with E-state index >= 15 is 0 Å². The lowest BCUT2D eigenvalue weighted by molar-refractivity contribution is -0.515. The lowest BCUT2D eigenvalue weighted by Crippen LogP contribution is -2.23. The van der Waals surface area contributed by atoms with E-state index in [1.54, 1.807) is 43.6 Å². The van der Waals surface area contributed by atoms with Gasteiger partial charge in [0.05, 0.1) is 5.76 Å². The van der Waals surface area contributed by atoms with Crippen molar-refractivity contribution in [1.29, 1.82) is 10.5 Å². The molecule has 0 aliphatic heterocycles. The van der Waals surface area contributed by atoms with E-state index < -0.39 is 0 Å². The third kappa shape index (κ3) is 1.88. The first-order valence-electron chi connectivity index (χ1n) is 3.90. The van der Waals surface area contributed by atoms with Crippen LogP contribution in [0.2, 0.25) is 0 Å². The topological polar surface area (TPSA) is 73.7 Å². The summed E-state index contributed by atoms with van der Waals surface area (Å²) < 4.78 is 1.40. The molecule has 0 amide bonds. The van der Waals surface area contributed by atoms with Gasteiger partial charge in [-0.1, -0.05) is 0 Å². The molecule has 1 aromatic rings. The second kappa shape index (κ2) is 4.06. The predicted octanol–water partition coefficient (Wildman–Crippen LogP) is 0.0874. The molecule has 1 heterocycles. The average Bonchev–Trinajstić information content (AvgIpc) is 2.20. The molecule has 0 saturated carbocycles. The number of rotatable bonds is 0. The molecule has 0 bridgehead atoms. The van der Waals surface area contributed by atoms with Gasteiger partial charge >= 0.3 is 5.71 Å². The van der Waals surface area contributed by atoms with Gasteiger partial charge in [0.25, 0.3) is 0 Å². The first-order valence-corrected chi connectivity index (χ1v) is 3.90. The highest BCUT2D eigenvalue weighted by molar-refractivity contribution is 5.29. The summed E-state index contributed by atoms with van der Waals surface area (Å²) in [6.07, 6.45) is 3.10. The van der Waals surface area contributed by atoms with E-state index in [1.165, 1.54) is 4.24 Å². The monoisotopic (exact) mass is 186 g/mol. The predicted molar refractivity (Wildman–Crippen MR) is 47.8 cm³/mol. The summed E-state index contributed by atoms with van der Waals surface area (Å²) >= 11 is 0. The molecule has 1 aromatic heterocycles. The van der Waals surface area contributed by atoms with Crippen molar-refractivity contribution in [3.8, 4) is 12.1 Å². The minimum absolute atomic E-state index is 0.00728. The Morgan fingerprint density at radius 2 is 1.79 bits per heavy atom. The molecular formula is C10H8N3O+. The van der Waals surface area contributed by atoms with Crippen LogP contribution in [0.3, 0.4) is 0 Å². The van der Waals surface area contributed by atoms with Crippen molar-refractivity contribution in [2.24, 2.45) is 0 Å². The number of pyridine rings is 1. The second-order valence-electron chi connectivity index (χ2n) is 2.65. The summed E-state index contributed by atoms with van der Waals surface area (Å²) in [6, 6.07) is 6.79. The Hall–Kier alpha value is -2.33. The maximum atomic E-state index is 9.14. The summed E-state index contributed by atoms with van der Waals surface area (Å²) in [4.78, 5) is 0. The van der Waals surface area contributed by atoms with Crippen molar-refractivity contribution >= 4 is 5.76 Å². The first-order chi connectivity index (χ1) is 6.69. The van der Waals surface area contributed by atoms with Gasteiger partial charge in [-0.25, -0.2) is 0 Å². The SMILES string of the molecule is CC(O)=c1cc[n+](=C(C#N)C#N)cc1. The summed E-state index contributed by atoms with van der Waals surface area (Å²) in [5, 5.41) is 26.9. The number of aromatic nitrogens is 1. The van der Waals surface area contributed by atoms with Crippen LogP contribution in [-0.2, 0) is 0 Å². The summed E-state index contributed by atoms with van der Waals surface area (Å²) in [5.41, 5.74) is -0.00728. The van der Waals surface area contributed by atoms with E-state index in [0.29, 0.717) is 5.22 Å². The van der Waals surface area contributed by atoms with Gasteiger partial charge < -0.3 is 5.11 Å². The molecule has 4 heteroatoms. The van der Waals surface area contributed by atoms with Crippen molar-refractivity contribution < 1.29 is 9.35 Å². The van der Waals surface area contributed by atoms with Crippen molar-refractivity contribution in [1.82, 2.24) is 0 Å². The molecule has 0 fully saturated rings. The smallest absolute Gasteiger partial charge is 0.367 e. The molecular weight excluding hydrogens is 178 g/mol. The van der Waals surface area contributed by atoms with Crippen LogP contribution in [0, 0.1) is 28.4 Å². The Bertz CT molecular complexity index is 503. The van der Waals surface area contributed by atoms with Crippen molar-refractivity contribution in [3.63, 3.8) is 0 Å². The molecule has 68 valence electrons. The Balaban J connectivity index is 3.50. The molecule has 0 saturated heterocycles. The van der Waals surface area contributed by atoms with Crippen LogP contribution in [-0.4, -0.2) is 5.11 Å². The normalized spacial score (nSPS) is 8.50. The molecule has 0 radical (unpaired) electrons. The van der Waals surface area contributed by atoms with Gasteiger partial charge in [0.1, 0.15) is 0 Å². The number of nitriles is 2. The molecule has 0 aliphatic rings. The Morgan fingerprint density at radius 3 is 2.14 bits per heavy atom. The van der Waals surface area contributed by atoms with Crippen molar-refractivity contribution in [3.05, 3.63) is 35.5 Å². The largest absolute Gasteiger partial charge is 0.512 e. The van der Waals surface area contributed by atoms with Crippen LogP contribution in [0.4, 0.5) is 0 Å². The Kier molecular flexibility index (Phi) is 2.83. The van der Waals surface area contributed by atoms with Gasteiger partial charge in [-0.3, -0.25) is 0 Å². The quantitative estimate of drug-likeness (QED) is 0.583. The number of nitrogens with zero attached hydrogens (tertiary/aromatic N) is 3. The minimum Gasteiger partial charge on any atom is -0.512 e. The van der Waals surface area contributed by atoms with Crippen LogP contribution >= 0.6 is 0 Å². The van der Waals surface area contributed by atoms with Crippen LogP contribution in [0.25, 0.3) is 5.76 Å². The van der Waals surface area contributed by atoms with Gasteiger partial charge in [-0.2, -0.15) is 10.5 Å². The maximum Gasteiger partial charge on any atom is 0.367 e. The Labute approximate surface area is 80.9 Å². The molecule has 0 aliphatic carbocycles. The zero-order valence-corrected chi connectivity index (χ0v) is 7.60. The number of hydrogen-bond acceptors (Lipinski definition) is 3. The molecule has 0 atom stereocenters. The van der Waals surface area contributed by atoms with Crippen LogP contribution in [0.15, 0.2) is 24.5 Å². The van der Waals surface area contributed by atoms with E-state index in [2.05, 4.69) is 0 Å². The fourth-order valence-corrected chi connectivity index (χ4v) is 0.957. The lowest BCUT2D eigenvalue weighted by Gasteiger charge is -1.85. The molecule has 0 spiro atoms. The highest BCUT2D eigenvalue weighted by Gasteiger charge is 2.02. The zero-order chi connectivity index (χ0) is 10.6. The van der Waals surface area contributed by atoms with E-state index in [9.17, 15) is 0 Å². The summed E-state index contributed by atoms with van der Waals surface area (Å²) in [5.74, 6) is 0.201. The molecule has 4 nitrogen and oxygen atoms in total. The third-order valence-corrected chi connectivity index (χ3v) is 1.72. The fourth-order valence-electron chi connectivity index (χ4n) is 0.957. The van der Waals surface area contributed by atoms with Crippen molar-refractivity contribution in [2.45, 2.75) is 6.92 Å². The first kappa shape index (κ1) is 9.76. The van der Waals surface area contributed by atoms with E-state index in [-0.39, 0.29) is 11.5 Å². The second-order valence-corrected chi connectivity index (χ2v) is 2.65. The fraction of sp³-hybridized carbons (Fsp3) is 0.100. The molecule has 0 unspecified atom stereocenters. The van der Waals surface area contributed by atoms with Gasteiger partial charge in [-0.15, -0.1) is 4.24 Å². The van der Waals surface area contributed by atoms with E-state index in [1.807, 2.05) is 0 Å².